The van der Waals surface area contributed by atoms with Gasteiger partial charge in [0, 0.05) is 37.8 Å². The third-order valence-corrected chi connectivity index (χ3v) is 5.28. The van der Waals surface area contributed by atoms with Crippen molar-refractivity contribution in [3.8, 4) is 0 Å². The number of nitrogens with one attached hydrogen (secondary N) is 2. The van der Waals surface area contributed by atoms with E-state index in [2.05, 4.69) is 31.6 Å². The molecule has 2 N–H and O–H groups in total. The first-order chi connectivity index (χ1) is 11.0. The molecule has 0 saturated heterocycles. The number of benzene rings is 1. The molecule has 138 valence electrons. The van der Waals surface area contributed by atoms with Gasteiger partial charge in [-0.2, -0.15) is 0 Å². The summed E-state index contributed by atoms with van der Waals surface area (Å²) in [6, 6.07) is 6.64. The zero-order chi connectivity index (χ0) is 17.1. The topological polar surface area (TPSA) is 79.8 Å². The van der Waals surface area contributed by atoms with E-state index in [0.717, 1.165) is 17.4 Å². The van der Waals surface area contributed by atoms with Gasteiger partial charge in [-0.15, -0.1) is 24.0 Å². The lowest BCUT2D eigenvalue weighted by Crippen LogP contribution is -2.40. The second-order valence-corrected chi connectivity index (χ2v) is 7.77. The lowest BCUT2D eigenvalue weighted by Gasteiger charge is -2.12. The van der Waals surface area contributed by atoms with E-state index in [0.29, 0.717) is 30.6 Å². The number of halogens is 2. The Bertz CT molecular complexity index is 594. The van der Waals surface area contributed by atoms with Gasteiger partial charge in [0.2, 0.25) is 0 Å². The van der Waals surface area contributed by atoms with E-state index in [1.807, 2.05) is 6.92 Å². The summed E-state index contributed by atoms with van der Waals surface area (Å²) >= 11 is 3.29. The smallest absolute Gasteiger partial charge is 0.191 e. The third-order valence-electron chi connectivity index (χ3n) is 3.02. The molecule has 0 spiro atoms. The summed E-state index contributed by atoms with van der Waals surface area (Å²) in [5, 5.41) is 6.13. The van der Waals surface area contributed by atoms with E-state index in [1.54, 1.807) is 31.3 Å². The van der Waals surface area contributed by atoms with Crippen molar-refractivity contribution in [3.05, 3.63) is 28.7 Å². The molecular weight excluding hydrogens is 509 g/mol. The number of sulfone groups is 1. The molecule has 0 bridgehead atoms. The maximum Gasteiger partial charge on any atom is 0.191 e. The summed E-state index contributed by atoms with van der Waals surface area (Å²) < 4.78 is 30.5. The van der Waals surface area contributed by atoms with Crippen LogP contribution >= 0.6 is 39.9 Å². The number of nitrogens with zero attached hydrogens (tertiary/aromatic N) is 1. The number of rotatable bonds is 9. The van der Waals surface area contributed by atoms with Crippen LogP contribution in [0.15, 0.2) is 38.6 Å². The summed E-state index contributed by atoms with van der Waals surface area (Å²) in [6.45, 7) is 4.38. The largest absolute Gasteiger partial charge is 0.382 e. The van der Waals surface area contributed by atoms with Crippen LogP contribution in [0.5, 0.6) is 0 Å². The van der Waals surface area contributed by atoms with Gasteiger partial charge in [0.25, 0.3) is 0 Å². The zero-order valence-electron chi connectivity index (χ0n) is 13.9. The van der Waals surface area contributed by atoms with E-state index in [1.165, 1.54) is 0 Å². The van der Waals surface area contributed by atoms with E-state index >= 15 is 0 Å². The molecule has 1 aromatic rings. The fraction of sp³-hybridized carbons (Fsp3) is 0.533. The van der Waals surface area contributed by atoms with Crippen LogP contribution in [0.25, 0.3) is 0 Å². The highest BCUT2D eigenvalue weighted by molar-refractivity contribution is 14.0. The van der Waals surface area contributed by atoms with Gasteiger partial charge in [0.15, 0.2) is 15.8 Å². The fourth-order valence-corrected chi connectivity index (χ4v) is 3.23. The molecule has 0 aromatic heterocycles. The monoisotopic (exact) mass is 533 g/mol. The maximum atomic E-state index is 12.2. The summed E-state index contributed by atoms with van der Waals surface area (Å²) in [5.41, 5.74) is 0. The van der Waals surface area contributed by atoms with Crippen molar-refractivity contribution < 1.29 is 13.2 Å². The Morgan fingerprint density at radius 2 is 1.83 bits per heavy atom. The standard InChI is InChI=1S/C15H24BrN3O3S.HI/c1-3-22-11-4-9-18-15(17-2)19-10-12-23(20,21)14-7-5-13(16)6-8-14;/h5-8H,3-4,9-12H2,1-2H3,(H2,17,18,19);1H. The van der Waals surface area contributed by atoms with Crippen molar-refractivity contribution in [2.75, 3.05) is 39.1 Å². The Kier molecular flexibility index (Phi) is 12.7. The van der Waals surface area contributed by atoms with Gasteiger partial charge in [0.1, 0.15) is 0 Å². The molecule has 0 radical (unpaired) electrons. The van der Waals surface area contributed by atoms with Crippen LogP contribution in [0.1, 0.15) is 13.3 Å². The molecule has 0 amide bonds. The fourth-order valence-electron chi connectivity index (χ4n) is 1.81. The van der Waals surface area contributed by atoms with Crippen molar-refractivity contribution in [3.63, 3.8) is 0 Å². The summed E-state index contributed by atoms with van der Waals surface area (Å²) in [4.78, 5) is 4.38. The van der Waals surface area contributed by atoms with Gasteiger partial charge >= 0.3 is 0 Å². The minimum Gasteiger partial charge on any atom is -0.382 e. The van der Waals surface area contributed by atoms with Gasteiger partial charge in [-0.25, -0.2) is 8.42 Å². The molecule has 0 aliphatic carbocycles. The number of hydrogen-bond donors (Lipinski definition) is 2. The van der Waals surface area contributed by atoms with Crippen molar-refractivity contribution in [1.82, 2.24) is 10.6 Å². The molecule has 0 heterocycles. The van der Waals surface area contributed by atoms with E-state index in [-0.39, 0.29) is 29.7 Å². The molecule has 9 heteroatoms. The molecule has 0 fully saturated rings. The summed E-state index contributed by atoms with van der Waals surface area (Å²) in [5.74, 6) is 0.598. The highest BCUT2D eigenvalue weighted by atomic mass is 127. The van der Waals surface area contributed by atoms with Crippen LogP contribution in [-0.4, -0.2) is 53.5 Å². The van der Waals surface area contributed by atoms with Crippen molar-refractivity contribution in [1.29, 1.82) is 0 Å². The Hall–Kier alpha value is -0.390. The van der Waals surface area contributed by atoms with Crippen LogP contribution in [0.4, 0.5) is 0 Å². The number of hydrogen-bond acceptors (Lipinski definition) is 4. The van der Waals surface area contributed by atoms with Crippen LogP contribution < -0.4 is 10.6 Å². The lowest BCUT2D eigenvalue weighted by atomic mass is 10.4. The SMILES string of the molecule is CCOCCCNC(=NC)NCCS(=O)(=O)c1ccc(Br)cc1.I. The number of aliphatic imine (C=N–C) groups is 1. The van der Waals surface area contributed by atoms with Crippen molar-refractivity contribution in [2.24, 2.45) is 4.99 Å². The molecule has 1 rings (SSSR count). The molecule has 24 heavy (non-hydrogen) atoms. The van der Waals surface area contributed by atoms with Crippen LogP contribution in [0, 0.1) is 0 Å². The Labute approximate surface area is 169 Å². The number of ether oxygens (including phenoxy) is 1. The van der Waals surface area contributed by atoms with Gasteiger partial charge in [-0.3, -0.25) is 4.99 Å². The second kappa shape index (κ2) is 12.9. The first-order valence-corrected chi connectivity index (χ1v) is 9.94. The molecule has 0 atom stereocenters. The van der Waals surface area contributed by atoms with Gasteiger partial charge < -0.3 is 15.4 Å². The minimum atomic E-state index is -3.30. The van der Waals surface area contributed by atoms with Crippen LogP contribution in [-0.2, 0) is 14.6 Å². The Morgan fingerprint density at radius 3 is 2.42 bits per heavy atom. The average Bonchev–Trinajstić information content (AvgIpc) is 2.53. The first kappa shape index (κ1) is 23.6. The average molecular weight is 534 g/mol. The van der Waals surface area contributed by atoms with E-state index in [9.17, 15) is 8.42 Å². The molecule has 0 aliphatic rings. The molecule has 6 nitrogen and oxygen atoms in total. The van der Waals surface area contributed by atoms with Crippen molar-refractivity contribution in [2.45, 2.75) is 18.2 Å². The van der Waals surface area contributed by atoms with Crippen LogP contribution in [0.3, 0.4) is 0 Å². The molecule has 0 aliphatic heterocycles. The first-order valence-electron chi connectivity index (χ1n) is 7.50. The van der Waals surface area contributed by atoms with E-state index in [4.69, 9.17) is 4.74 Å². The molecule has 1 aromatic carbocycles. The van der Waals surface area contributed by atoms with Gasteiger partial charge in [0.05, 0.1) is 10.6 Å². The molecule has 0 unspecified atom stereocenters. The highest BCUT2D eigenvalue weighted by Crippen LogP contribution is 2.15. The van der Waals surface area contributed by atoms with Gasteiger partial charge in [-0.05, 0) is 37.6 Å². The molecule has 0 saturated carbocycles. The predicted molar refractivity (Wildman–Crippen MR) is 112 cm³/mol. The summed E-state index contributed by atoms with van der Waals surface area (Å²) in [6.07, 6.45) is 0.867. The summed E-state index contributed by atoms with van der Waals surface area (Å²) in [7, 11) is -1.65. The quantitative estimate of drug-likeness (QED) is 0.220. The lowest BCUT2D eigenvalue weighted by molar-refractivity contribution is 0.145. The zero-order valence-corrected chi connectivity index (χ0v) is 18.7. The number of guanidine groups is 1. The molecular formula is C15H25BrIN3O3S. The third kappa shape index (κ3) is 9.19. The normalized spacial score (nSPS) is 11.7. The van der Waals surface area contributed by atoms with Crippen LogP contribution in [0.2, 0.25) is 0 Å². The Morgan fingerprint density at radius 1 is 1.21 bits per heavy atom. The Balaban J connectivity index is 0.00000529. The minimum absolute atomic E-state index is 0. The highest BCUT2D eigenvalue weighted by Gasteiger charge is 2.14. The van der Waals surface area contributed by atoms with E-state index < -0.39 is 9.84 Å². The predicted octanol–water partition coefficient (Wildman–Crippen LogP) is 2.43. The maximum absolute atomic E-state index is 12.2. The van der Waals surface area contributed by atoms with Gasteiger partial charge in [-0.1, -0.05) is 15.9 Å². The second-order valence-electron chi connectivity index (χ2n) is 4.75. The van der Waals surface area contributed by atoms with Crippen molar-refractivity contribution >= 4 is 55.7 Å².